The molecule has 2 aliphatic rings. The highest BCUT2D eigenvalue weighted by molar-refractivity contribution is 7.97. The van der Waals surface area contributed by atoms with E-state index in [1.54, 1.807) is 0 Å². The Morgan fingerprint density at radius 3 is 2.69 bits per heavy atom. The molecule has 0 saturated carbocycles. The smallest absolute Gasteiger partial charge is 0.340 e. The quantitative estimate of drug-likeness (QED) is 0.201. The molecule has 36 heavy (non-hydrogen) atoms. The summed E-state index contributed by atoms with van der Waals surface area (Å²) in [4.78, 5) is 26.5. The lowest BCUT2D eigenvalue weighted by molar-refractivity contribution is -0.0364. The summed E-state index contributed by atoms with van der Waals surface area (Å²) in [6.07, 6.45) is -2.86. The van der Waals surface area contributed by atoms with Crippen LogP contribution in [0.2, 0.25) is 5.28 Å². The van der Waals surface area contributed by atoms with Gasteiger partial charge in [0.05, 0.1) is 23.4 Å². The first kappa shape index (κ1) is 25.5. The second kappa shape index (κ2) is 9.30. The predicted molar refractivity (Wildman–Crippen MR) is 128 cm³/mol. The van der Waals surface area contributed by atoms with Crippen LogP contribution < -0.4 is 5.32 Å². The number of halogens is 1. The van der Waals surface area contributed by atoms with Crippen molar-refractivity contribution in [2.24, 2.45) is 0 Å². The molecule has 0 amide bonds. The number of rotatable bonds is 7. The van der Waals surface area contributed by atoms with Gasteiger partial charge in [0, 0.05) is 0 Å². The van der Waals surface area contributed by atoms with Crippen molar-refractivity contribution in [2.45, 2.75) is 43.4 Å². The number of hydrogen-bond donors (Lipinski definition) is 5. The number of aliphatic hydroxyl groups is 2. The second-order valence-electron chi connectivity index (χ2n) is 8.85. The highest BCUT2D eigenvalue weighted by Crippen LogP contribution is 2.39. The molecule has 1 aromatic carbocycles. The molecule has 194 valence electrons. The van der Waals surface area contributed by atoms with Crippen molar-refractivity contribution in [1.82, 2.24) is 19.7 Å². The van der Waals surface area contributed by atoms with Gasteiger partial charge in [-0.1, -0.05) is 24.3 Å². The molecule has 0 radical (unpaired) electrons. The van der Waals surface area contributed by atoms with Crippen LogP contribution in [0.5, 0.6) is 0 Å². The molecule has 5 N–H and O–H groups in total. The lowest BCUT2D eigenvalue weighted by Gasteiger charge is -2.17. The molecule has 1 saturated heterocycles. The summed E-state index contributed by atoms with van der Waals surface area (Å²) < 4.78 is 42.2. The molecule has 1 fully saturated rings. The summed E-state index contributed by atoms with van der Waals surface area (Å²) in [6.45, 7) is 0. The van der Waals surface area contributed by atoms with Crippen molar-refractivity contribution < 1.29 is 37.7 Å². The SMILES string of the molecule is O=P(O)(O)CS(=O)(=O)C[C@H]1O[C@@H](n2ncc3c(N[C@H]4CCc5ccccc54)nc(Cl)nc32)[C@H](O)[C@@H]1O. The van der Waals surface area contributed by atoms with Crippen LogP contribution in [0, 0.1) is 0 Å². The maximum atomic E-state index is 12.2. The number of aryl methyl sites for hydroxylation is 1. The van der Waals surface area contributed by atoms with Crippen molar-refractivity contribution in [3.05, 3.63) is 46.9 Å². The summed E-state index contributed by atoms with van der Waals surface area (Å²) in [7, 11) is -9.17. The number of hydrogen-bond acceptors (Lipinski definition) is 10. The third kappa shape index (κ3) is 5.00. The van der Waals surface area contributed by atoms with Crippen LogP contribution in [-0.4, -0.2) is 77.7 Å². The Morgan fingerprint density at radius 2 is 1.94 bits per heavy atom. The zero-order valence-electron chi connectivity index (χ0n) is 18.5. The number of fused-ring (bicyclic) bond motifs is 2. The van der Waals surface area contributed by atoms with Gasteiger partial charge in [-0.2, -0.15) is 15.1 Å². The van der Waals surface area contributed by atoms with Crippen LogP contribution in [0.15, 0.2) is 30.5 Å². The third-order valence-electron chi connectivity index (χ3n) is 6.23. The molecular weight excluding hydrogens is 537 g/mol. The summed E-state index contributed by atoms with van der Waals surface area (Å²) in [5.74, 6) is -0.498. The van der Waals surface area contributed by atoms with E-state index in [1.165, 1.54) is 16.4 Å². The average Bonchev–Trinajstić information content (AvgIpc) is 3.45. The topological polar surface area (TPSA) is 197 Å². The summed E-state index contributed by atoms with van der Waals surface area (Å²) in [5, 5.41) is 28.9. The average molecular weight is 560 g/mol. The second-order valence-corrected chi connectivity index (χ2v) is 13.4. The first-order chi connectivity index (χ1) is 16.9. The standard InChI is InChI=1S/C20H23ClN5O8PS/c21-20-24-17(23-13-6-5-10-3-1-2-4-11(10)13)12-7-22-26(18(12)25-20)19-16(28)15(27)14(34-19)8-36(32,33)9-35(29,30)31/h1-4,7,13-16,19,27-28H,5-6,8-9H2,(H,23,24,25)(H2,29,30,31)/t13-,14+,15+,16+,19+/m0/s1. The van der Waals surface area contributed by atoms with Gasteiger partial charge in [-0.3, -0.25) is 4.57 Å². The maximum absolute atomic E-state index is 12.2. The van der Waals surface area contributed by atoms with Gasteiger partial charge in [-0.25, -0.2) is 13.1 Å². The fraction of sp³-hybridized carbons (Fsp3) is 0.450. The molecule has 0 spiro atoms. The van der Waals surface area contributed by atoms with Gasteiger partial charge in [-0.05, 0) is 35.6 Å². The predicted octanol–water partition coefficient (Wildman–Crippen LogP) is 0.748. The van der Waals surface area contributed by atoms with Gasteiger partial charge in [-0.15, -0.1) is 0 Å². The van der Waals surface area contributed by atoms with Gasteiger partial charge < -0.3 is 30.1 Å². The van der Waals surface area contributed by atoms with Gasteiger partial charge in [0.2, 0.25) is 5.28 Å². The molecular formula is C20H23ClN5O8PS. The van der Waals surface area contributed by atoms with Crippen molar-refractivity contribution in [3.8, 4) is 0 Å². The highest BCUT2D eigenvalue weighted by atomic mass is 35.5. The minimum atomic E-state index is -4.86. The van der Waals surface area contributed by atoms with Crippen LogP contribution in [0.1, 0.15) is 29.8 Å². The number of nitrogens with one attached hydrogen (secondary N) is 1. The van der Waals surface area contributed by atoms with E-state index in [2.05, 4.69) is 26.4 Å². The van der Waals surface area contributed by atoms with Gasteiger partial charge >= 0.3 is 7.60 Å². The number of aromatic nitrogens is 4. The van der Waals surface area contributed by atoms with Crippen molar-refractivity contribution in [3.63, 3.8) is 0 Å². The van der Waals surface area contributed by atoms with Crippen LogP contribution >= 0.6 is 19.2 Å². The Labute approximate surface area is 210 Å². The zero-order valence-corrected chi connectivity index (χ0v) is 21.0. The molecule has 0 bridgehead atoms. The Hall–Kier alpha value is -2.16. The monoisotopic (exact) mass is 559 g/mol. The molecule has 2 aromatic heterocycles. The van der Waals surface area contributed by atoms with E-state index in [0.717, 1.165) is 18.4 Å². The normalized spacial score (nSPS) is 26.4. The lowest BCUT2D eigenvalue weighted by atomic mass is 10.1. The van der Waals surface area contributed by atoms with E-state index in [0.29, 0.717) is 11.2 Å². The molecule has 5 atom stereocenters. The Balaban J connectivity index is 1.42. The highest BCUT2D eigenvalue weighted by Gasteiger charge is 2.47. The number of ether oxygens (including phenoxy) is 1. The van der Waals surface area contributed by atoms with Gasteiger partial charge in [0.1, 0.15) is 24.1 Å². The van der Waals surface area contributed by atoms with Crippen LogP contribution in [0.3, 0.4) is 0 Å². The first-order valence-electron chi connectivity index (χ1n) is 10.9. The summed E-state index contributed by atoms with van der Waals surface area (Å²) in [5.41, 5.74) is 1.15. The Bertz CT molecular complexity index is 1460. The fourth-order valence-electron chi connectivity index (χ4n) is 4.70. The largest absolute Gasteiger partial charge is 0.387 e. The minimum absolute atomic E-state index is 0.0162. The molecule has 3 aromatic rings. The number of sulfone groups is 1. The van der Waals surface area contributed by atoms with E-state index in [4.69, 9.17) is 26.1 Å². The minimum Gasteiger partial charge on any atom is -0.387 e. The fourth-order valence-corrected chi connectivity index (χ4v) is 8.11. The maximum Gasteiger partial charge on any atom is 0.340 e. The van der Waals surface area contributed by atoms with Crippen LogP contribution in [-0.2, 0) is 25.6 Å². The van der Waals surface area contributed by atoms with Crippen LogP contribution in [0.25, 0.3) is 11.0 Å². The molecule has 16 heteroatoms. The van der Waals surface area contributed by atoms with E-state index in [9.17, 15) is 23.2 Å². The van der Waals surface area contributed by atoms with Gasteiger partial charge in [0.15, 0.2) is 27.2 Å². The lowest BCUT2D eigenvalue weighted by Crippen LogP contribution is -2.36. The number of nitrogens with zero attached hydrogens (tertiary/aromatic N) is 4. The Morgan fingerprint density at radius 1 is 1.19 bits per heavy atom. The van der Waals surface area contributed by atoms with Gasteiger partial charge in [0.25, 0.3) is 0 Å². The first-order valence-corrected chi connectivity index (χ1v) is 14.9. The third-order valence-corrected chi connectivity index (χ3v) is 10.2. The van der Waals surface area contributed by atoms with E-state index in [-0.39, 0.29) is 17.0 Å². The molecule has 3 heterocycles. The molecule has 1 aliphatic heterocycles. The molecule has 1 aliphatic carbocycles. The van der Waals surface area contributed by atoms with Crippen molar-refractivity contribution >= 4 is 45.9 Å². The number of aliphatic hydroxyl groups excluding tert-OH is 2. The summed E-state index contributed by atoms with van der Waals surface area (Å²) >= 11 is 6.18. The van der Waals surface area contributed by atoms with E-state index >= 15 is 0 Å². The molecule has 5 rings (SSSR count). The van der Waals surface area contributed by atoms with Crippen LogP contribution in [0.4, 0.5) is 5.82 Å². The van der Waals surface area contributed by atoms with Crippen molar-refractivity contribution in [2.75, 3.05) is 16.6 Å². The molecule has 13 nitrogen and oxygen atoms in total. The van der Waals surface area contributed by atoms with E-state index in [1.807, 2.05) is 18.2 Å². The molecule has 0 unspecified atom stereocenters. The van der Waals surface area contributed by atoms with E-state index < -0.39 is 53.2 Å². The Kier molecular flexibility index (Phi) is 6.58. The zero-order chi connectivity index (χ0) is 25.8. The number of benzene rings is 1. The number of anilines is 1. The van der Waals surface area contributed by atoms with Crippen molar-refractivity contribution in [1.29, 1.82) is 0 Å². The summed E-state index contributed by atoms with van der Waals surface area (Å²) in [6, 6.07) is 8.03.